The van der Waals surface area contributed by atoms with Gasteiger partial charge >= 0.3 is 0 Å². The fraction of sp³-hybridized carbons (Fsp3) is 0.700. The fourth-order valence-electron chi connectivity index (χ4n) is 1.92. The maximum absolute atomic E-state index is 5.94. The largest absolute Gasteiger partial charge is 0.327 e. The molecule has 0 spiro atoms. The van der Waals surface area contributed by atoms with E-state index < -0.39 is 0 Å². The van der Waals surface area contributed by atoms with Crippen molar-refractivity contribution in [3.05, 3.63) is 16.1 Å². The lowest BCUT2D eigenvalue weighted by atomic mass is 10.1. The Kier molecular flexibility index (Phi) is 4.99. The zero-order chi connectivity index (χ0) is 9.97. The van der Waals surface area contributed by atoms with Crippen LogP contribution in [0.1, 0.15) is 23.4 Å². The Morgan fingerprint density at radius 1 is 1.67 bits per heavy atom. The van der Waals surface area contributed by atoms with Gasteiger partial charge in [-0.25, -0.2) is 4.98 Å². The van der Waals surface area contributed by atoms with Crippen LogP contribution in [0.4, 0.5) is 0 Å². The number of likely N-dealkylation sites (tertiary alicyclic amines) is 1. The lowest BCUT2D eigenvalue weighted by Gasteiger charge is -2.30. The van der Waals surface area contributed by atoms with Gasteiger partial charge in [0.05, 0.1) is 11.2 Å². The summed E-state index contributed by atoms with van der Waals surface area (Å²) in [4.78, 5) is 8.09. The van der Waals surface area contributed by atoms with Crippen LogP contribution in [0.15, 0.2) is 5.51 Å². The average molecular weight is 248 g/mol. The number of aromatic nitrogens is 1. The van der Waals surface area contributed by atoms with Crippen LogP contribution in [0.2, 0.25) is 0 Å². The molecule has 0 radical (unpaired) electrons. The Morgan fingerprint density at radius 2 is 2.47 bits per heavy atom. The number of thiazole rings is 1. The number of hydrogen-bond donors (Lipinski definition) is 1. The molecule has 2 heterocycles. The van der Waals surface area contributed by atoms with Gasteiger partial charge in [0.1, 0.15) is 0 Å². The minimum atomic E-state index is 0. The number of rotatable bonds is 2. The molecule has 1 aromatic rings. The molecule has 1 atom stereocenters. The van der Waals surface area contributed by atoms with Gasteiger partial charge in [0.2, 0.25) is 0 Å². The van der Waals surface area contributed by atoms with E-state index in [1.165, 1.54) is 30.0 Å². The lowest BCUT2D eigenvalue weighted by Crippen LogP contribution is -2.42. The molecule has 0 aliphatic carbocycles. The van der Waals surface area contributed by atoms with E-state index in [9.17, 15) is 0 Å². The van der Waals surface area contributed by atoms with E-state index in [2.05, 4.69) is 16.8 Å². The molecule has 5 heteroatoms. The van der Waals surface area contributed by atoms with E-state index in [1.807, 2.05) is 5.51 Å². The Labute approximate surface area is 101 Å². The fourth-order valence-corrected chi connectivity index (χ4v) is 2.73. The molecule has 2 N–H and O–H groups in total. The molecular formula is C10H18ClN3S. The molecule has 1 fully saturated rings. The van der Waals surface area contributed by atoms with E-state index in [1.54, 1.807) is 11.3 Å². The highest BCUT2D eigenvalue weighted by atomic mass is 35.5. The van der Waals surface area contributed by atoms with Crippen molar-refractivity contribution in [1.29, 1.82) is 0 Å². The number of aryl methyl sites for hydroxylation is 1. The first-order chi connectivity index (χ1) is 6.75. The average Bonchev–Trinajstić information content (AvgIpc) is 2.52. The van der Waals surface area contributed by atoms with Crippen molar-refractivity contribution in [2.45, 2.75) is 32.4 Å². The Bertz CT molecular complexity index is 303. The van der Waals surface area contributed by atoms with Crippen molar-refractivity contribution in [3.63, 3.8) is 0 Å². The highest BCUT2D eigenvalue weighted by molar-refractivity contribution is 7.09. The third kappa shape index (κ3) is 3.41. The summed E-state index contributed by atoms with van der Waals surface area (Å²) in [6.45, 7) is 5.34. The van der Waals surface area contributed by atoms with Crippen LogP contribution in [-0.2, 0) is 6.54 Å². The smallest absolute Gasteiger partial charge is 0.0798 e. The van der Waals surface area contributed by atoms with Gasteiger partial charge < -0.3 is 5.73 Å². The number of halogens is 1. The molecule has 0 amide bonds. The van der Waals surface area contributed by atoms with Gasteiger partial charge in [-0.1, -0.05) is 0 Å². The summed E-state index contributed by atoms with van der Waals surface area (Å²) >= 11 is 1.75. The number of nitrogens with zero attached hydrogens (tertiary/aromatic N) is 2. The summed E-state index contributed by atoms with van der Waals surface area (Å²) in [5.41, 5.74) is 9.04. The molecule has 0 aromatic carbocycles. The van der Waals surface area contributed by atoms with Gasteiger partial charge in [0.15, 0.2) is 0 Å². The monoisotopic (exact) mass is 247 g/mol. The Morgan fingerprint density at radius 3 is 3.07 bits per heavy atom. The summed E-state index contributed by atoms with van der Waals surface area (Å²) in [5, 5.41) is 0. The van der Waals surface area contributed by atoms with Gasteiger partial charge in [0.25, 0.3) is 0 Å². The summed E-state index contributed by atoms with van der Waals surface area (Å²) < 4.78 is 0. The maximum Gasteiger partial charge on any atom is 0.0798 e. The number of piperidine rings is 1. The summed E-state index contributed by atoms with van der Waals surface area (Å²) in [7, 11) is 0. The summed E-state index contributed by atoms with van der Waals surface area (Å²) in [6, 6.07) is 0.372. The molecular weight excluding hydrogens is 230 g/mol. The first kappa shape index (κ1) is 12.9. The highest BCUT2D eigenvalue weighted by Gasteiger charge is 2.17. The van der Waals surface area contributed by atoms with Crippen molar-refractivity contribution >= 4 is 23.7 Å². The van der Waals surface area contributed by atoms with Crippen molar-refractivity contribution in [2.24, 2.45) is 5.73 Å². The topological polar surface area (TPSA) is 42.2 Å². The molecule has 0 bridgehead atoms. The molecule has 86 valence electrons. The predicted octanol–water partition coefficient (Wildman–Crippen LogP) is 1.80. The normalized spacial score (nSPS) is 22.4. The molecule has 1 aliphatic heterocycles. The van der Waals surface area contributed by atoms with E-state index in [0.29, 0.717) is 6.04 Å². The molecule has 0 unspecified atom stereocenters. The van der Waals surface area contributed by atoms with Crippen LogP contribution >= 0.6 is 23.7 Å². The van der Waals surface area contributed by atoms with Crippen molar-refractivity contribution < 1.29 is 0 Å². The molecule has 0 saturated carbocycles. The quantitative estimate of drug-likeness (QED) is 0.867. The van der Waals surface area contributed by atoms with Gasteiger partial charge in [-0.3, -0.25) is 4.90 Å². The predicted molar refractivity (Wildman–Crippen MR) is 66.6 cm³/mol. The van der Waals surface area contributed by atoms with Crippen LogP contribution in [0, 0.1) is 6.92 Å². The van der Waals surface area contributed by atoms with E-state index in [0.717, 1.165) is 13.1 Å². The Hall–Kier alpha value is -0.160. The standard InChI is InChI=1S/C10H17N3S.ClH/c1-8-10(14-7-12-8)6-13-4-2-3-9(11)5-13;/h7,9H,2-6,11H2,1H3;1H/t9-;/m1./s1. The maximum atomic E-state index is 5.94. The van der Waals surface area contributed by atoms with Gasteiger partial charge in [0, 0.05) is 24.0 Å². The summed E-state index contributed by atoms with van der Waals surface area (Å²) in [5.74, 6) is 0. The van der Waals surface area contributed by atoms with Crippen LogP contribution < -0.4 is 5.73 Å². The van der Waals surface area contributed by atoms with Crippen molar-refractivity contribution in [2.75, 3.05) is 13.1 Å². The second-order valence-corrected chi connectivity index (χ2v) is 4.94. The minimum absolute atomic E-state index is 0. The highest BCUT2D eigenvalue weighted by Crippen LogP contribution is 2.17. The molecule has 1 aliphatic rings. The van der Waals surface area contributed by atoms with Crippen molar-refractivity contribution in [3.8, 4) is 0 Å². The van der Waals surface area contributed by atoms with E-state index >= 15 is 0 Å². The second kappa shape index (κ2) is 5.80. The third-order valence-electron chi connectivity index (χ3n) is 2.75. The molecule has 15 heavy (non-hydrogen) atoms. The summed E-state index contributed by atoms with van der Waals surface area (Å²) in [6.07, 6.45) is 2.41. The van der Waals surface area contributed by atoms with Crippen LogP contribution in [0.3, 0.4) is 0 Å². The van der Waals surface area contributed by atoms with E-state index in [-0.39, 0.29) is 12.4 Å². The second-order valence-electron chi connectivity index (χ2n) is 4.00. The van der Waals surface area contributed by atoms with Crippen LogP contribution in [0.25, 0.3) is 0 Å². The zero-order valence-electron chi connectivity index (χ0n) is 8.98. The first-order valence-corrected chi connectivity index (χ1v) is 6.00. The minimum Gasteiger partial charge on any atom is -0.327 e. The van der Waals surface area contributed by atoms with E-state index in [4.69, 9.17) is 5.73 Å². The Balaban J connectivity index is 0.00000112. The van der Waals surface area contributed by atoms with Crippen LogP contribution in [-0.4, -0.2) is 29.0 Å². The van der Waals surface area contributed by atoms with Crippen LogP contribution in [0.5, 0.6) is 0 Å². The molecule has 3 nitrogen and oxygen atoms in total. The third-order valence-corrected chi connectivity index (χ3v) is 3.67. The first-order valence-electron chi connectivity index (χ1n) is 5.12. The molecule has 1 aromatic heterocycles. The lowest BCUT2D eigenvalue weighted by molar-refractivity contribution is 0.202. The SMILES string of the molecule is Cc1ncsc1CN1CCC[C@@H](N)C1.Cl. The molecule has 1 saturated heterocycles. The zero-order valence-corrected chi connectivity index (χ0v) is 10.6. The number of nitrogens with two attached hydrogens (primary N) is 1. The van der Waals surface area contributed by atoms with Gasteiger partial charge in [-0.05, 0) is 26.3 Å². The van der Waals surface area contributed by atoms with Crippen molar-refractivity contribution in [1.82, 2.24) is 9.88 Å². The van der Waals surface area contributed by atoms with Gasteiger partial charge in [-0.15, -0.1) is 23.7 Å². The number of hydrogen-bond acceptors (Lipinski definition) is 4. The molecule has 2 rings (SSSR count). The van der Waals surface area contributed by atoms with Gasteiger partial charge in [-0.2, -0.15) is 0 Å².